The van der Waals surface area contributed by atoms with Gasteiger partial charge in [0.2, 0.25) is 5.88 Å². The van der Waals surface area contributed by atoms with E-state index in [2.05, 4.69) is 6.58 Å². The predicted octanol–water partition coefficient (Wildman–Crippen LogP) is 3.74. The summed E-state index contributed by atoms with van der Waals surface area (Å²) in [5.41, 5.74) is 6.71. The zero-order valence-electron chi connectivity index (χ0n) is 15.8. The molecule has 0 aromatic heterocycles. The maximum atomic E-state index is 12.7. The van der Waals surface area contributed by atoms with Gasteiger partial charge in [0.15, 0.2) is 0 Å². The molecular formula is C20H18Cl2N2O5. The number of esters is 2. The molecule has 29 heavy (non-hydrogen) atoms. The van der Waals surface area contributed by atoms with Gasteiger partial charge in [0.1, 0.15) is 30.6 Å². The first-order valence-electron chi connectivity index (χ1n) is 8.40. The fourth-order valence-electron chi connectivity index (χ4n) is 2.64. The first-order chi connectivity index (χ1) is 13.7. The summed E-state index contributed by atoms with van der Waals surface area (Å²) in [7, 11) is 0. The van der Waals surface area contributed by atoms with Gasteiger partial charge in [0.25, 0.3) is 0 Å². The number of nitriles is 1. The van der Waals surface area contributed by atoms with Crippen molar-refractivity contribution in [3.05, 3.63) is 68.7 Å². The van der Waals surface area contributed by atoms with Crippen molar-refractivity contribution in [3.8, 4) is 6.07 Å². The van der Waals surface area contributed by atoms with Gasteiger partial charge in [-0.05, 0) is 31.5 Å². The second-order valence-corrected chi connectivity index (χ2v) is 6.93. The average molecular weight is 437 g/mol. The molecule has 152 valence electrons. The maximum Gasteiger partial charge on any atom is 0.338 e. The van der Waals surface area contributed by atoms with E-state index in [4.69, 9.17) is 43.1 Å². The van der Waals surface area contributed by atoms with Crippen LogP contribution in [0.15, 0.2) is 53.1 Å². The molecule has 1 atom stereocenters. The van der Waals surface area contributed by atoms with E-state index in [0.717, 1.165) is 0 Å². The minimum atomic E-state index is -0.853. The Kier molecular flexibility index (Phi) is 7.32. The van der Waals surface area contributed by atoms with Gasteiger partial charge in [-0.15, -0.1) is 0 Å². The summed E-state index contributed by atoms with van der Waals surface area (Å²) in [5, 5.41) is 10.1. The van der Waals surface area contributed by atoms with Crippen molar-refractivity contribution in [1.82, 2.24) is 0 Å². The van der Waals surface area contributed by atoms with Crippen LogP contribution < -0.4 is 5.73 Å². The van der Waals surface area contributed by atoms with E-state index < -0.39 is 17.9 Å². The molecule has 0 amide bonds. The highest BCUT2D eigenvalue weighted by molar-refractivity contribution is 6.42. The van der Waals surface area contributed by atoms with Crippen LogP contribution in [0.3, 0.4) is 0 Å². The monoisotopic (exact) mass is 436 g/mol. The van der Waals surface area contributed by atoms with E-state index in [1.807, 2.05) is 6.07 Å². The number of hydrogen-bond acceptors (Lipinski definition) is 7. The molecule has 0 fully saturated rings. The van der Waals surface area contributed by atoms with Crippen molar-refractivity contribution < 1.29 is 23.8 Å². The molecule has 0 aliphatic carbocycles. The highest BCUT2D eigenvalue weighted by Crippen LogP contribution is 2.41. The van der Waals surface area contributed by atoms with E-state index in [-0.39, 0.29) is 46.6 Å². The van der Waals surface area contributed by atoms with E-state index in [1.165, 1.54) is 13.8 Å². The lowest BCUT2D eigenvalue weighted by Gasteiger charge is -2.27. The molecule has 7 nitrogen and oxygen atoms in total. The maximum absolute atomic E-state index is 12.7. The minimum Gasteiger partial charge on any atom is -0.459 e. The molecule has 0 saturated heterocycles. The van der Waals surface area contributed by atoms with Crippen LogP contribution in [0, 0.1) is 11.3 Å². The van der Waals surface area contributed by atoms with Crippen LogP contribution in [-0.4, -0.2) is 25.2 Å². The minimum absolute atomic E-state index is 0.0367. The summed E-state index contributed by atoms with van der Waals surface area (Å²) in [6, 6.07) is 6.69. The summed E-state index contributed by atoms with van der Waals surface area (Å²) in [5.74, 6) is -2.12. The van der Waals surface area contributed by atoms with Crippen molar-refractivity contribution in [2.75, 3.05) is 13.2 Å². The molecule has 2 N–H and O–H groups in total. The van der Waals surface area contributed by atoms with Crippen LogP contribution in [-0.2, 0) is 23.8 Å². The fraction of sp³-hybridized carbons (Fsp3) is 0.250. The third-order valence-electron chi connectivity index (χ3n) is 4.00. The van der Waals surface area contributed by atoms with E-state index in [9.17, 15) is 14.9 Å². The number of carbonyl (C=O) groups is 2. The SMILES string of the molecule is C=C(C)C(=O)OCCOC(=O)C1=C(C)OC(N)=C(C#N)[C@H]1c1ccc(Cl)c(Cl)c1. The second kappa shape index (κ2) is 9.50. The average Bonchev–Trinajstić information content (AvgIpc) is 2.66. The molecule has 2 rings (SSSR count). The van der Waals surface area contributed by atoms with Crippen LogP contribution in [0.25, 0.3) is 0 Å². The Hall–Kier alpha value is -2.95. The molecule has 1 heterocycles. The van der Waals surface area contributed by atoms with Gasteiger partial charge in [0.05, 0.1) is 21.5 Å². The number of halogens is 2. The zero-order chi connectivity index (χ0) is 21.7. The quantitative estimate of drug-likeness (QED) is 0.410. The number of benzene rings is 1. The normalized spacial score (nSPS) is 16.0. The molecule has 1 aromatic carbocycles. The number of ether oxygens (including phenoxy) is 3. The number of carbonyl (C=O) groups excluding carboxylic acids is 2. The molecule has 9 heteroatoms. The molecule has 0 radical (unpaired) electrons. The largest absolute Gasteiger partial charge is 0.459 e. The third-order valence-corrected chi connectivity index (χ3v) is 4.74. The molecule has 0 saturated carbocycles. The molecule has 0 bridgehead atoms. The summed E-state index contributed by atoms with van der Waals surface area (Å²) in [4.78, 5) is 24.1. The van der Waals surface area contributed by atoms with Crippen molar-refractivity contribution >= 4 is 35.1 Å². The van der Waals surface area contributed by atoms with Gasteiger partial charge in [-0.3, -0.25) is 0 Å². The summed E-state index contributed by atoms with van der Waals surface area (Å²) in [6.07, 6.45) is 0. The van der Waals surface area contributed by atoms with Gasteiger partial charge < -0.3 is 19.9 Å². The van der Waals surface area contributed by atoms with E-state index in [1.54, 1.807) is 18.2 Å². The van der Waals surface area contributed by atoms with Gasteiger partial charge in [-0.25, -0.2) is 9.59 Å². The zero-order valence-corrected chi connectivity index (χ0v) is 17.3. The van der Waals surface area contributed by atoms with Crippen LogP contribution >= 0.6 is 23.2 Å². The van der Waals surface area contributed by atoms with Crippen molar-refractivity contribution in [2.24, 2.45) is 5.73 Å². The number of hydrogen-bond donors (Lipinski definition) is 1. The molecule has 0 spiro atoms. The predicted molar refractivity (Wildman–Crippen MR) is 107 cm³/mol. The molecule has 1 aliphatic heterocycles. The standard InChI is InChI=1S/C20H18Cl2N2O5/c1-10(2)19(25)27-6-7-28-20(26)16-11(3)29-18(24)13(9-23)17(16)12-4-5-14(21)15(22)8-12/h4-5,8,17H,1,6-7,24H2,2-3H3/t17-/m1/s1. The topological polar surface area (TPSA) is 112 Å². The van der Waals surface area contributed by atoms with Crippen LogP contribution in [0.1, 0.15) is 25.3 Å². The Balaban J connectivity index is 2.29. The molecule has 0 unspecified atom stereocenters. The second-order valence-electron chi connectivity index (χ2n) is 6.12. The molecule has 1 aliphatic rings. The van der Waals surface area contributed by atoms with Crippen LogP contribution in [0.5, 0.6) is 0 Å². The highest BCUT2D eigenvalue weighted by atomic mass is 35.5. The fourth-order valence-corrected chi connectivity index (χ4v) is 2.95. The van der Waals surface area contributed by atoms with Crippen molar-refractivity contribution in [1.29, 1.82) is 5.26 Å². The Morgan fingerprint density at radius 1 is 1.28 bits per heavy atom. The summed E-state index contributed by atoms with van der Waals surface area (Å²) in [6.45, 7) is 6.16. The molecule has 1 aromatic rings. The highest BCUT2D eigenvalue weighted by Gasteiger charge is 2.36. The first-order valence-corrected chi connectivity index (χ1v) is 9.16. The third kappa shape index (κ3) is 5.11. The smallest absolute Gasteiger partial charge is 0.338 e. The summed E-state index contributed by atoms with van der Waals surface area (Å²) >= 11 is 12.1. The van der Waals surface area contributed by atoms with Crippen LogP contribution in [0.2, 0.25) is 10.0 Å². The van der Waals surface area contributed by atoms with Crippen molar-refractivity contribution in [2.45, 2.75) is 19.8 Å². The Morgan fingerprint density at radius 2 is 1.93 bits per heavy atom. The van der Waals surface area contributed by atoms with Gasteiger partial charge in [-0.2, -0.15) is 5.26 Å². The van der Waals surface area contributed by atoms with Crippen molar-refractivity contribution in [3.63, 3.8) is 0 Å². The Morgan fingerprint density at radius 3 is 2.52 bits per heavy atom. The lowest BCUT2D eigenvalue weighted by Crippen LogP contribution is -2.26. The summed E-state index contributed by atoms with van der Waals surface area (Å²) < 4.78 is 15.5. The number of allylic oxidation sites excluding steroid dienone is 2. The lowest BCUT2D eigenvalue weighted by atomic mass is 9.83. The van der Waals surface area contributed by atoms with Gasteiger partial charge in [-0.1, -0.05) is 35.8 Å². The van der Waals surface area contributed by atoms with E-state index >= 15 is 0 Å². The number of rotatable bonds is 6. The van der Waals surface area contributed by atoms with E-state index in [0.29, 0.717) is 10.6 Å². The Labute approximate surface area is 177 Å². The Bertz CT molecular complexity index is 976. The number of nitrogens with two attached hydrogens (primary N) is 1. The molecular weight excluding hydrogens is 419 g/mol. The first kappa shape index (κ1) is 22.3. The number of nitrogens with zero attached hydrogens (tertiary/aromatic N) is 1. The van der Waals surface area contributed by atoms with Crippen LogP contribution in [0.4, 0.5) is 0 Å². The van der Waals surface area contributed by atoms with Gasteiger partial charge >= 0.3 is 11.9 Å². The van der Waals surface area contributed by atoms with Gasteiger partial charge in [0, 0.05) is 5.57 Å². The lowest BCUT2D eigenvalue weighted by molar-refractivity contribution is -0.147.